The van der Waals surface area contributed by atoms with Crippen LogP contribution in [0.4, 0.5) is 0 Å². The summed E-state index contributed by atoms with van der Waals surface area (Å²) in [6.45, 7) is 2.59. The van der Waals surface area contributed by atoms with Crippen LogP contribution in [-0.2, 0) is 28.1 Å². The maximum atomic E-state index is 13.2. The first kappa shape index (κ1) is 19.2. The number of carbonyl (C=O) groups is 1. The van der Waals surface area contributed by atoms with Gasteiger partial charge in [0.2, 0.25) is 0 Å². The Labute approximate surface area is 174 Å². The van der Waals surface area contributed by atoms with Gasteiger partial charge in [0.15, 0.2) is 0 Å². The monoisotopic (exact) mass is 426 g/mol. The van der Waals surface area contributed by atoms with Crippen LogP contribution in [0, 0.1) is 5.92 Å². The Morgan fingerprint density at radius 3 is 2.57 bits per heavy atom. The van der Waals surface area contributed by atoms with E-state index in [0.717, 1.165) is 16.6 Å². The van der Waals surface area contributed by atoms with Crippen LogP contribution in [-0.4, -0.2) is 45.4 Å². The summed E-state index contributed by atoms with van der Waals surface area (Å²) < 4.78 is 32.3. The highest BCUT2D eigenvalue weighted by Gasteiger charge is 2.70. The van der Waals surface area contributed by atoms with Gasteiger partial charge in [-0.25, -0.2) is 4.98 Å². The minimum absolute atomic E-state index is 0.101. The summed E-state index contributed by atoms with van der Waals surface area (Å²) in [7, 11) is -4.03. The highest BCUT2D eigenvalue weighted by molar-refractivity contribution is 7.87. The van der Waals surface area contributed by atoms with Gasteiger partial charge in [-0.2, -0.15) is 17.4 Å². The fraction of sp³-hybridized carbons (Fsp3) is 0.333. The Morgan fingerprint density at radius 1 is 1.13 bits per heavy atom. The number of benzene rings is 2. The van der Waals surface area contributed by atoms with E-state index in [9.17, 15) is 18.3 Å². The van der Waals surface area contributed by atoms with Crippen molar-refractivity contribution in [1.29, 1.82) is 0 Å². The lowest BCUT2D eigenvalue weighted by Crippen LogP contribution is -2.53. The summed E-state index contributed by atoms with van der Waals surface area (Å²) in [5.74, 6) is -1.28. The second kappa shape index (κ2) is 6.63. The molecule has 2 N–H and O–H groups in total. The normalized spacial score (nSPS) is 26.4. The molecule has 2 aromatic carbocycles. The average Bonchev–Trinajstić information content (AvgIpc) is 3.15. The maximum Gasteiger partial charge on any atom is 0.325 e. The standard InChI is InChI=1S/C21H22N4O4S/c1-14-19(15-7-3-2-4-8-15)21(14,20(26)27)23-30(28,29)24-11-12-25-17-10-6-5-9-16(17)22-18(25)13-24/h2-10,14,19,23H,11-13H2,1H3,(H,26,27)/t14-,19-,21+/m1/s1. The zero-order valence-corrected chi connectivity index (χ0v) is 17.2. The number of fused-ring (bicyclic) bond motifs is 3. The van der Waals surface area contributed by atoms with Gasteiger partial charge in [0.05, 0.1) is 17.6 Å². The molecule has 156 valence electrons. The van der Waals surface area contributed by atoms with Crippen LogP contribution in [0.25, 0.3) is 11.0 Å². The third-order valence-corrected chi connectivity index (χ3v) is 7.96. The van der Waals surface area contributed by atoms with Crippen molar-refractivity contribution in [3.63, 3.8) is 0 Å². The lowest BCUT2D eigenvalue weighted by atomic mass is 10.1. The highest BCUT2D eigenvalue weighted by atomic mass is 32.2. The van der Waals surface area contributed by atoms with E-state index in [4.69, 9.17) is 0 Å². The number of aliphatic carboxylic acids is 1. The molecule has 0 unspecified atom stereocenters. The Bertz CT molecular complexity index is 1240. The summed E-state index contributed by atoms with van der Waals surface area (Å²) in [5.41, 5.74) is 1.06. The third-order valence-electron chi connectivity index (χ3n) is 6.37. The molecule has 3 atom stereocenters. The molecule has 30 heavy (non-hydrogen) atoms. The molecule has 0 radical (unpaired) electrons. The molecule has 0 bridgehead atoms. The number of carboxylic acids is 1. The molecule has 0 amide bonds. The van der Waals surface area contributed by atoms with E-state index >= 15 is 0 Å². The van der Waals surface area contributed by atoms with Gasteiger partial charge in [0, 0.05) is 19.0 Å². The lowest BCUT2D eigenvalue weighted by molar-refractivity contribution is -0.140. The summed E-state index contributed by atoms with van der Waals surface area (Å²) in [4.78, 5) is 16.7. The molecular formula is C21H22N4O4S. The number of hydrogen-bond donors (Lipinski definition) is 2. The lowest BCUT2D eigenvalue weighted by Gasteiger charge is -2.29. The second-order valence-corrected chi connectivity index (χ2v) is 9.63. The largest absolute Gasteiger partial charge is 0.480 e. The number of rotatable bonds is 5. The molecule has 1 aromatic heterocycles. The van der Waals surface area contributed by atoms with Crippen LogP contribution in [0.5, 0.6) is 0 Å². The first-order valence-electron chi connectivity index (χ1n) is 9.86. The second-order valence-electron chi connectivity index (χ2n) is 7.96. The number of hydrogen-bond acceptors (Lipinski definition) is 4. The van der Waals surface area contributed by atoms with Crippen LogP contribution in [0.3, 0.4) is 0 Å². The number of para-hydroxylation sites is 2. The Balaban J connectivity index is 1.43. The molecule has 1 fully saturated rings. The van der Waals surface area contributed by atoms with Crippen LogP contribution in [0.2, 0.25) is 0 Å². The first-order valence-corrected chi connectivity index (χ1v) is 11.3. The molecule has 2 heterocycles. The van der Waals surface area contributed by atoms with Gasteiger partial charge in [-0.05, 0) is 23.6 Å². The minimum atomic E-state index is -4.03. The van der Waals surface area contributed by atoms with Gasteiger partial charge >= 0.3 is 5.97 Å². The summed E-state index contributed by atoms with van der Waals surface area (Å²) in [6, 6.07) is 16.9. The third kappa shape index (κ3) is 2.77. The molecule has 5 rings (SSSR count). The highest BCUT2D eigenvalue weighted by Crippen LogP contribution is 2.58. The van der Waals surface area contributed by atoms with Gasteiger partial charge in [0.1, 0.15) is 11.4 Å². The van der Waals surface area contributed by atoms with E-state index in [0.29, 0.717) is 12.4 Å². The van der Waals surface area contributed by atoms with E-state index in [1.165, 1.54) is 4.31 Å². The van der Waals surface area contributed by atoms with Gasteiger partial charge < -0.3 is 9.67 Å². The van der Waals surface area contributed by atoms with Gasteiger partial charge in [-0.15, -0.1) is 0 Å². The molecule has 1 aliphatic carbocycles. The van der Waals surface area contributed by atoms with Crippen LogP contribution in [0.15, 0.2) is 54.6 Å². The van der Waals surface area contributed by atoms with Crippen molar-refractivity contribution in [3.05, 3.63) is 66.0 Å². The van der Waals surface area contributed by atoms with E-state index in [1.807, 2.05) is 59.2 Å². The first-order chi connectivity index (χ1) is 14.3. The van der Waals surface area contributed by atoms with Crippen molar-refractivity contribution in [2.75, 3.05) is 6.54 Å². The van der Waals surface area contributed by atoms with Gasteiger partial charge in [-0.3, -0.25) is 4.79 Å². The van der Waals surface area contributed by atoms with E-state index < -0.39 is 27.6 Å². The predicted molar refractivity (Wildman–Crippen MR) is 111 cm³/mol. The van der Waals surface area contributed by atoms with Crippen molar-refractivity contribution in [1.82, 2.24) is 18.6 Å². The number of nitrogens with zero attached hydrogens (tertiary/aromatic N) is 3. The predicted octanol–water partition coefficient (Wildman–Crippen LogP) is 1.94. The van der Waals surface area contributed by atoms with Gasteiger partial charge in [-0.1, -0.05) is 49.4 Å². The van der Waals surface area contributed by atoms with E-state index in [1.54, 1.807) is 6.92 Å². The quantitative estimate of drug-likeness (QED) is 0.649. The number of nitrogens with one attached hydrogen (secondary N) is 1. The van der Waals surface area contributed by atoms with Crippen molar-refractivity contribution in [3.8, 4) is 0 Å². The van der Waals surface area contributed by atoms with E-state index in [2.05, 4.69) is 9.71 Å². The van der Waals surface area contributed by atoms with Crippen LogP contribution in [0.1, 0.15) is 24.2 Å². The topological polar surface area (TPSA) is 105 Å². The summed E-state index contributed by atoms with van der Waals surface area (Å²) in [6.07, 6.45) is 0. The smallest absolute Gasteiger partial charge is 0.325 e. The van der Waals surface area contributed by atoms with Crippen molar-refractivity contribution < 1.29 is 18.3 Å². The number of imidazole rings is 1. The maximum absolute atomic E-state index is 13.2. The molecule has 9 heteroatoms. The average molecular weight is 426 g/mol. The fourth-order valence-corrected chi connectivity index (χ4v) is 6.29. The zero-order chi connectivity index (χ0) is 21.1. The molecule has 2 aliphatic rings. The molecule has 0 saturated heterocycles. The Kier molecular flexibility index (Phi) is 4.25. The molecule has 8 nitrogen and oxygen atoms in total. The van der Waals surface area contributed by atoms with Crippen LogP contribution < -0.4 is 4.72 Å². The summed E-state index contributed by atoms with van der Waals surface area (Å²) in [5, 5.41) is 9.96. The van der Waals surface area contributed by atoms with Crippen molar-refractivity contribution >= 4 is 27.2 Å². The number of aromatic nitrogens is 2. The summed E-state index contributed by atoms with van der Waals surface area (Å²) >= 11 is 0. The molecule has 0 spiro atoms. The molecular weight excluding hydrogens is 404 g/mol. The zero-order valence-electron chi connectivity index (χ0n) is 16.4. The molecule has 1 saturated carbocycles. The minimum Gasteiger partial charge on any atom is -0.480 e. The number of carboxylic acid groups (broad SMARTS) is 1. The Hall–Kier alpha value is -2.75. The fourth-order valence-electron chi connectivity index (χ4n) is 4.73. The van der Waals surface area contributed by atoms with Crippen molar-refractivity contribution in [2.45, 2.75) is 31.5 Å². The van der Waals surface area contributed by atoms with E-state index in [-0.39, 0.29) is 19.0 Å². The SMILES string of the molecule is C[C@@H]1[C@H](c2ccccc2)[C@]1(NS(=O)(=O)N1CCn2c(nc3ccccc32)C1)C(=O)O. The van der Waals surface area contributed by atoms with Gasteiger partial charge in [0.25, 0.3) is 10.2 Å². The Morgan fingerprint density at radius 2 is 1.83 bits per heavy atom. The molecule has 3 aromatic rings. The molecule has 1 aliphatic heterocycles. The van der Waals surface area contributed by atoms with Crippen molar-refractivity contribution in [2.24, 2.45) is 5.92 Å². The van der Waals surface area contributed by atoms with Crippen LogP contribution >= 0.6 is 0 Å².